The zero-order valence-corrected chi connectivity index (χ0v) is 10.5. The van der Waals surface area contributed by atoms with Gasteiger partial charge in [-0.05, 0) is 34.1 Å². The Bertz CT molecular complexity index is 468. The molecule has 0 aliphatic heterocycles. The number of aromatic amines is 1. The molecule has 0 bridgehead atoms. The molecule has 84 valence electrons. The van der Waals surface area contributed by atoms with Crippen LogP contribution >= 0.6 is 15.9 Å². The van der Waals surface area contributed by atoms with Gasteiger partial charge in [0.05, 0.1) is 11.7 Å². The minimum Gasteiger partial charge on any atom is -0.497 e. The normalized spacial score (nSPS) is 10.1. The lowest BCUT2D eigenvalue weighted by molar-refractivity contribution is 0.304. The van der Waals surface area contributed by atoms with Crippen LogP contribution in [0.3, 0.4) is 0 Å². The lowest BCUT2D eigenvalue weighted by Gasteiger charge is -2.06. The number of H-pyrrole nitrogens is 1. The Morgan fingerprint density at radius 3 is 2.75 bits per heavy atom. The van der Waals surface area contributed by atoms with Crippen LogP contribution < -0.4 is 9.47 Å². The average molecular weight is 282 g/mol. The molecule has 0 radical (unpaired) electrons. The fourth-order valence-corrected chi connectivity index (χ4v) is 1.76. The van der Waals surface area contributed by atoms with Crippen molar-refractivity contribution in [1.29, 1.82) is 0 Å². The molecule has 1 aromatic carbocycles. The molecule has 0 spiro atoms. The molecule has 0 aliphatic rings. The highest BCUT2D eigenvalue weighted by Gasteiger charge is 1.99. The van der Waals surface area contributed by atoms with Gasteiger partial charge in [-0.1, -0.05) is 6.07 Å². The molecule has 3 nitrogen and oxygen atoms in total. The minimum atomic E-state index is 0.537. The van der Waals surface area contributed by atoms with Gasteiger partial charge >= 0.3 is 0 Å². The first-order valence-corrected chi connectivity index (χ1v) is 5.67. The zero-order valence-electron chi connectivity index (χ0n) is 8.87. The number of halogens is 1. The van der Waals surface area contributed by atoms with E-state index in [1.54, 1.807) is 7.11 Å². The number of aromatic nitrogens is 1. The van der Waals surface area contributed by atoms with Crippen LogP contribution in [0, 0.1) is 0 Å². The maximum absolute atomic E-state index is 5.63. The van der Waals surface area contributed by atoms with Gasteiger partial charge in [0.2, 0.25) is 0 Å². The fourth-order valence-electron chi connectivity index (χ4n) is 1.35. The second-order valence-corrected chi connectivity index (χ2v) is 4.18. The molecule has 2 aromatic rings. The first-order chi connectivity index (χ1) is 7.78. The van der Waals surface area contributed by atoms with Crippen molar-refractivity contribution in [3.05, 3.63) is 46.7 Å². The number of hydrogen-bond acceptors (Lipinski definition) is 2. The Labute approximate surface area is 103 Å². The Morgan fingerprint density at radius 1 is 1.25 bits per heavy atom. The van der Waals surface area contributed by atoms with E-state index in [4.69, 9.17) is 9.47 Å². The molecule has 0 aliphatic carbocycles. The van der Waals surface area contributed by atoms with Crippen molar-refractivity contribution in [3.8, 4) is 11.5 Å². The van der Waals surface area contributed by atoms with E-state index in [9.17, 15) is 0 Å². The van der Waals surface area contributed by atoms with Crippen molar-refractivity contribution in [2.45, 2.75) is 6.61 Å². The first-order valence-electron chi connectivity index (χ1n) is 4.87. The predicted octanol–water partition coefficient (Wildman–Crippen LogP) is 3.36. The molecule has 0 unspecified atom stereocenters. The quantitative estimate of drug-likeness (QED) is 0.933. The van der Waals surface area contributed by atoms with E-state index < -0.39 is 0 Å². The molecular weight excluding hydrogens is 270 g/mol. The van der Waals surface area contributed by atoms with Gasteiger partial charge in [-0.2, -0.15) is 0 Å². The smallest absolute Gasteiger partial charge is 0.123 e. The topological polar surface area (TPSA) is 34.2 Å². The van der Waals surface area contributed by atoms with E-state index in [1.807, 2.05) is 36.5 Å². The minimum absolute atomic E-state index is 0.537. The Kier molecular flexibility index (Phi) is 3.51. The Hall–Kier alpha value is -1.42. The summed E-state index contributed by atoms with van der Waals surface area (Å²) in [7, 11) is 1.64. The second-order valence-electron chi connectivity index (χ2n) is 3.32. The largest absolute Gasteiger partial charge is 0.497 e. The van der Waals surface area contributed by atoms with Crippen LogP contribution in [0.15, 0.2) is 41.1 Å². The van der Waals surface area contributed by atoms with Gasteiger partial charge in [0.25, 0.3) is 0 Å². The fraction of sp³-hybridized carbons (Fsp3) is 0.167. The SMILES string of the molecule is COc1cccc(OCc2c[nH]c(Br)c2)c1. The number of methoxy groups -OCH3 is 1. The summed E-state index contributed by atoms with van der Waals surface area (Å²) in [5, 5.41) is 0. The van der Waals surface area contributed by atoms with Crippen molar-refractivity contribution in [2.24, 2.45) is 0 Å². The third-order valence-electron chi connectivity index (χ3n) is 2.15. The molecule has 1 aromatic heterocycles. The Balaban J connectivity index is 1.99. The number of hydrogen-bond donors (Lipinski definition) is 1. The summed E-state index contributed by atoms with van der Waals surface area (Å²) < 4.78 is 11.7. The summed E-state index contributed by atoms with van der Waals surface area (Å²) >= 11 is 3.35. The van der Waals surface area contributed by atoms with E-state index in [1.165, 1.54) is 0 Å². The van der Waals surface area contributed by atoms with Gasteiger partial charge in [0, 0.05) is 17.8 Å². The third kappa shape index (κ3) is 2.79. The van der Waals surface area contributed by atoms with Crippen LogP contribution in [0.5, 0.6) is 11.5 Å². The summed E-state index contributed by atoms with van der Waals surface area (Å²) in [4.78, 5) is 3.04. The van der Waals surface area contributed by atoms with Crippen molar-refractivity contribution in [2.75, 3.05) is 7.11 Å². The van der Waals surface area contributed by atoms with Gasteiger partial charge in [-0.25, -0.2) is 0 Å². The number of nitrogens with one attached hydrogen (secondary N) is 1. The van der Waals surface area contributed by atoms with Gasteiger partial charge < -0.3 is 14.5 Å². The van der Waals surface area contributed by atoms with E-state index in [0.29, 0.717) is 6.61 Å². The molecule has 0 saturated carbocycles. The predicted molar refractivity (Wildman–Crippen MR) is 65.8 cm³/mol. The van der Waals surface area contributed by atoms with Gasteiger partial charge in [0.1, 0.15) is 18.1 Å². The van der Waals surface area contributed by atoms with Crippen LogP contribution in [0.25, 0.3) is 0 Å². The van der Waals surface area contributed by atoms with E-state index >= 15 is 0 Å². The number of benzene rings is 1. The summed E-state index contributed by atoms with van der Waals surface area (Å²) in [6, 6.07) is 9.55. The Morgan fingerprint density at radius 2 is 2.06 bits per heavy atom. The summed E-state index contributed by atoms with van der Waals surface area (Å²) in [5.74, 6) is 1.60. The molecule has 1 N–H and O–H groups in total. The van der Waals surface area contributed by atoms with Crippen molar-refractivity contribution in [1.82, 2.24) is 4.98 Å². The molecule has 0 fully saturated rings. The average Bonchev–Trinajstić information content (AvgIpc) is 2.73. The molecule has 0 saturated heterocycles. The highest BCUT2D eigenvalue weighted by Crippen LogP contribution is 2.20. The third-order valence-corrected chi connectivity index (χ3v) is 2.61. The van der Waals surface area contributed by atoms with Crippen LogP contribution in [-0.2, 0) is 6.61 Å². The van der Waals surface area contributed by atoms with Crippen LogP contribution in [0.1, 0.15) is 5.56 Å². The van der Waals surface area contributed by atoms with E-state index in [2.05, 4.69) is 20.9 Å². The maximum Gasteiger partial charge on any atom is 0.123 e. The number of ether oxygens (including phenoxy) is 2. The summed E-state index contributed by atoms with van der Waals surface area (Å²) in [6.45, 7) is 0.537. The summed E-state index contributed by atoms with van der Waals surface area (Å²) in [5.41, 5.74) is 1.09. The monoisotopic (exact) mass is 281 g/mol. The lowest BCUT2D eigenvalue weighted by Crippen LogP contribution is -1.94. The van der Waals surface area contributed by atoms with Gasteiger partial charge in [-0.15, -0.1) is 0 Å². The first kappa shape index (κ1) is 11.1. The molecule has 2 rings (SSSR count). The highest BCUT2D eigenvalue weighted by molar-refractivity contribution is 9.10. The number of rotatable bonds is 4. The van der Waals surface area contributed by atoms with Crippen LogP contribution in [-0.4, -0.2) is 12.1 Å². The second kappa shape index (κ2) is 5.07. The van der Waals surface area contributed by atoms with Crippen molar-refractivity contribution < 1.29 is 9.47 Å². The van der Waals surface area contributed by atoms with Gasteiger partial charge in [-0.3, -0.25) is 0 Å². The van der Waals surface area contributed by atoms with Crippen LogP contribution in [0.4, 0.5) is 0 Å². The lowest BCUT2D eigenvalue weighted by atomic mass is 10.3. The van der Waals surface area contributed by atoms with E-state index in [0.717, 1.165) is 21.7 Å². The zero-order chi connectivity index (χ0) is 11.4. The molecule has 0 atom stereocenters. The molecule has 1 heterocycles. The summed E-state index contributed by atoms with van der Waals surface area (Å²) in [6.07, 6.45) is 1.91. The van der Waals surface area contributed by atoms with Crippen molar-refractivity contribution in [3.63, 3.8) is 0 Å². The molecule has 16 heavy (non-hydrogen) atoms. The van der Waals surface area contributed by atoms with Crippen molar-refractivity contribution >= 4 is 15.9 Å². The molecule has 4 heteroatoms. The highest BCUT2D eigenvalue weighted by atomic mass is 79.9. The van der Waals surface area contributed by atoms with E-state index in [-0.39, 0.29) is 0 Å². The standard InChI is InChI=1S/C12H12BrNO2/c1-15-10-3-2-4-11(6-10)16-8-9-5-12(13)14-7-9/h2-7,14H,8H2,1H3. The maximum atomic E-state index is 5.63. The molecule has 0 amide bonds. The van der Waals surface area contributed by atoms with Gasteiger partial charge in [0.15, 0.2) is 0 Å². The van der Waals surface area contributed by atoms with Crippen LogP contribution in [0.2, 0.25) is 0 Å². The molecular formula is C12H12BrNO2.